The van der Waals surface area contributed by atoms with Crippen molar-refractivity contribution in [2.75, 3.05) is 11.9 Å². The summed E-state index contributed by atoms with van der Waals surface area (Å²) in [7, 11) is 0. The molecule has 1 aliphatic rings. The fourth-order valence-corrected chi connectivity index (χ4v) is 2.73. The Labute approximate surface area is 112 Å². The van der Waals surface area contributed by atoms with Gasteiger partial charge in [-0.25, -0.2) is 4.39 Å². The van der Waals surface area contributed by atoms with E-state index in [1.807, 2.05) is 0 Å². The van der Waals surface area contributed by atoms with E-state index in [0.717, 1.165) is 31.4 Å². The minimum Gasteiger partial charge on any atom is -0.379 e. The highest BCUT2D eigenvalue weighted by atomic mass is 19.1. The topological polar surface area (TPSA) is 55.2 Å². The molecule has 0 aliphatic heterocycles. The molecule has 19 heavy (non-hydrogen) atoms. The molecule has 0 heterocycles. The summed E-state index contributed by atoms with van der Waals surface area (Å²) in [5.41, 5.74) is 0.658. The number of halogens is 1. The van der Waals surface area contributed by atoms with Gasteiger partial charge in [-0.05, 0) is 43.2 Å². The van der Waals surface area contributed by atoms with Gasteiger partial charge in [0, 0.05) is 6.54 Å². The first-order valence-electron chi connectivity index (χ1n) is 6.65. The molecule has 1 saturated carbocycles. The van der Waals surface area contributed by atoms with E-state index in [1.54, 1.807) is 6.92 Å². The molecule has 4 nitrogen and oxygen atoms in total. The average Bonchev–Trinajstić information content (AvgIpc) is 2.76. The third-order valence-corrected chi connectivity index (χ3v) is 3.86. The van der Waals surface area contributed by atoms with E-state index in [1.165, 1.54) is 12.5 Å². The number of nitro groups is 1. The van der Waals surface area contributed by atoms with Gasteiger partial charge in [-0.15, -0.1) is 0 Å². The molecule has 1 aromatic carbocycles. The number of nitro benzene ring substituents is 1. The molecule has 2 atom stereocenters. The van der Waals surface area contributed by atoms with Crippen LogP contribution in [0.25, 0.3) is 0 Å². The predicted molar refractivity (Wildman–Crippen MR) is 72.8 cm³/mol. The van der Waals surface area contributed by atoms with Crippen molar-refractivity contribution in [3.8, 4) is 0 Å². The maximum absolute atomic E-state index is 13.4. The van der Waals surface area contributed by atoms with Crippen molar-refractivity contribution in [1.29, 1.82) is 0 Å². The lowest BCUT2D eigenvalue weighted by atomic mass is 10.1. The summed E-state index contributed by atoms with van der Waals surface area (Å²) in [4.78, 5) is 10.4. The van der Waals surface area contributed by atoms with Crippen LogP contribution in [0, 0.1) is 34.7 Å². The van der Waals surface area contributed by atoms with E-state index < -0.39 is 10.7 Å². The number of hydrogen-bond donors (Lipinski definition) is 1. The Bertz CT molecular complexity index is 491. The van der Waals surface area contributed by atoms with Crippen LogP contribution in [0.5, 0.6) is 0 Å². The van der Waals surface area contributed by atoms with Gasteiger partial charge in [-0.3, -0.25) is 10.1 Å². The fraction of sp³-hybridized carbons (Fsp3) is 0.571. The summed E-state index contributed by atoms with van der Waals surface area (Å²) in [5, 5.41) is 14.0. The Kier molecular flexibility index (Phi) is 4.02. The molecule has 1 aromatic rings. The second kappa shape index (κ2) is 5.55. The number of benzene rings is 1. The standard InChI is InChI=1S/C14H19FN2O2/c1-9-3-4-11(5-9)8-16-13-6-10(2)12(15)7-14(13)17(18)19/h6-7,9,11,16H,3-5,8H2,1-2H3. The normalized spacial score (nSPS) is 22.5. The molecular weight excluding hydrogens is 247 g/mol. The van der Waals surface area contributed by atoms with Crippen molar-refractivity contribution in [2.45, 2.75) is 33.1 Å². The smallest absolute Gasteiger partial charge is 0.295 e. The summed E-state index contributed by atoms with van der Waals surface area (Å²) in [6, 6.07) is 2.51. The number of anilines is 1. The van der Waals surface area contributed by atoms with Crippen LogP contribution in [0.3, 0.4) is 0 Å². The Morgan fingerprint density at radius 2 is 2.21 bits per heavy atom. The Balaban J connectivity index is 2.10. The monoisotopic (exact) mass is 266 g/mol. The van der Waals surface area contributed by atoms with Crippen molar-refractivity contribution in [3.05, 3.63) is 33.6 Å². The lowest BCUT2D eigenvalue weighted by molar-refractivity contribution is -0.384. The first-order valence-corrected chi connectivity index (χ1v) is 6.65. The van der Waals surface area contributed by atoms with Gasteiger partial charge in [-0.2, -0.15) is 0 Å². The van der Waals surface area contributed by atoms with Gasteiger partial charge in [-0.1, -0.05) is 13.3 Å². The molecule has 0 amide bonds. The van der Waals surface area contributed by atoms with Crippen LogP contribution in [0.2, 0.25) is 0 Å². The van der Waals surface area contributed by atoms with Crippen molar-refractivity contribution in [1.82, 2.24) is 0 Å². The highest BCUT2D eigenvalue weighted by Gasteiger charge is 2.23. The molecule has 2 rings (SSSR count). The third-order valence-electron chi connectivity index (χ3n) is 3.86. The Morgan fingerprint density at radius 3 is 2.79 bits per heavy atom. The number of nitrogens with zero attached hydrogens (tertiary/aromatic N) is 1. The molecule has 1 aliphatic carbocycles. The number of hydrogen-bond acceptors (Lipinski definition) is 3. The van der Waals surface area contributed by atoms with Crippen molar-refractivity contribution < 1.29 is 9.31 Å². The maximum Gasteiger partial charge on any atom is 0.295 e. The minimum atomic E-state index is -0.540. The molecule has 0 bridgehead atoms. The Hall–Kier alpha value is -1.65. The van der Waals surface area contributed by atoms with E-state index in [9.17, 15) is 14.5 Å². The first kappa shape index (κ1) is 13.8. The van der Waals surface area contributed by atoms with E-state index in [0.29, 0.717) is 17.2 Å². The van der Waals surface area contributed by atoms with E-state index >= 15 is 0 Å². The van der Waals surface area contributed by atoms with Gasteiger partial charge in [0.1, 0.15) is 11.5 Å². The Morgan fingerprint density at radius 1 is 1.47 bits per heavy atom. The molecular formula is C14H19FN2O2. The summed E-state index contributed by atoms with van der Waals surface area (Å²) in [6.07, 6.45) is 3.53. The van der Waals surface area contributed by atoms with Gasteiger partial charge < -0.3 is 5.32 Å². The molecule has 1 N–H and O–H groups in total. The van der Waals surface area contributed by atoms with E-state index in [-0.39, 0.29) is 5.69 Å². The zero-order valence-electron chi connectivity index (χ0n) is 11.3. The zero-order valence-corrected chi connectivity index (χ0v) is 11.3. The molecule has 5 heteroatoms. The summed E-state index contributed by atoms with van der Waals surface area (Å²) in [6.45, 7) is 4.56. The molecule has 0 radical (unpaired) electrons. The summed E-state index contributed by atoms with van der Waals surface area (Å²) < 4.78 is 13.4. The molecule has 104 valence electrons. The summed E-state index contributed by atoms with van der Waals surface area (Å²) in [5.74, 6) is 0.753. The highest BCUT2D eigenvalue weighted by Crippen LogP contribution is 2.32. The van der Waals surface area contributed by atoms with Crippen LogP contribution in [0.4, 0.5) is 15.8 Å². The molecule has 1 fully saturated rings. The van der Waals surface area contributed by atoms with E-state index in [2.05, 4.69) is 12.2 Å². The predicted octanol–water partition coefficient (Wildman–Crippen LogP) is 3.89. The van der Waals surface area contributed by atoms with Crippen LogP contribution in [-0.4, -0.2) is 11.5 Å². The molecule has 0 spiro atoms. The second-order valence-electron chi connectivity index (χ2n) is 5.54. The van der Waals surface area contributed by atoms with Gasteiger partial charge in [0.15, 0.2) is 0 Å². The van der Waals surface area contributed by atoms with Gasteiger partial charge in [0.25, 0.3) is 5.69 Å². The number of nitrogens with one attached hydrogen (secondary N) is 1. The van der Waals surface area contributed by atoms with E-state index in [4.69, 9.17) is 0 Å². The van der Waals surface area contributed by atoms with Crippen molar-refractivity contribution in [2.24, 2.45) is 11.8 Å². The molecule has 0 aromatic heterocycles. The van der Waals surface area contributed by atoms with Gasteiger partial charge >= 0.3 is 0 Å². The van der Waals surface area contributed by atoms with Crippen LogP contribution in [0.15, 0.2) is 12.1 Å². The van der Waals surface area contributed by atoms with Crippen molar-refractivity contribution in [3.63, 3.8) is 0 Å². The molecule has 0 saturated heterocycles. The quantitative estimate of drug-likeness (QED) is 0.664. The van der Waals surface area contributed by atoms with Gasteiger partial charge in [0.05, 0.1) is 11.0 Å². The second-order valence-corrected chi connectivity index (χ2v) is 5.54. The lowest BCUT2D eigenvalue weighted by Gasteiger charge is -2.13. The first-order chi connectivity index (χ1) is 8.97. The van der Waals surface area contributed by atoms with Crippen LogP contribution in [0.1, 0.15) is 31.7 Å². The highest BCUT2D eigenvalue weighted by molar-refractivity contribution is 5.63. The number of aryl methyl sites for hydroxylation is 1. The van der Waals surface area contributed by atoms with Crippen molar-refractivity contribution >= 4 is 11.4 Å². The maximum atomic E-state index is 13.4. The number of rotatable bonds is 4. The molecule has 2 unspecified atom stereocenters. The van der Waals surface area contributed by atoms with Crippen LogP contribution >= 0.6 is 0 Å². The van der Waals surface area contributed by atoms with Crippen LogP contribution in [-0.2, 0) is 0 Å². The average molecular weight is 266 g/mol. The largest absolute Gasteiger partial charge is 0.379 e. The van der Waals surface area contributed by atoms with Gasteiger partial charge in [0.2, 0.25) is 0 Å². The fourth-order valence-electron chi connectivity index (χ4n) is 2.73. The lowest BCUT2D eigenvalue weighted by Crippen LogP contribution is -2.13. The zero-order chi connectivity index (χ0) is 14.0. The third kappa shape index (κ3) is 3.22. The minimum absolute atomic E-state index is 0.186. The SMILES string of the molecule is Cc1cc(NCC2CCC(C)C2)c([N+](=O)[O-])cc1F. The summed E-state index contributed by atoms with van der Waals surface area (Å²) >= 11 is 0. The van der Waals surface area contributed by atoms with Crippen LogP contribution < -0.4 is 5.32 Å².